The fourth-order valence-corrected chi connectivity index (χ4v) is 5.49. The predicted molar refractivity (Wildman–Crippen MR) is 143 cm³/mol. The number of benzene rings is 2. The van der Waals surface area contributed by atoms with Gasteiger partial charge in [-0.15, -0.1) is 18.2 Å². The Kier molecular flexibility index (Phi) is 10.6. The van der Waals surface area contributed by atoms with E-state index in [1.807, 2.05) is 44.2 Å². The molecule has 0 radical (unpaired) electrons. The van der Waals surface area contributed by atoms with Crippen molar-refractivity contribution in [1.29, 1.82) is 0 Å². The van der Waals surface area contributed by atoms with Crippen LogP contribution in [-0.2, 0) is 0 Å². The SMILES string of the molecule is C#C/C=C\C(=C/CO)[C@H]1Sc2cc(O)ccc2O[C@H]1c1ccc(OCCN2CCCC2)cc1.CC. The molecule has 4 rings (SSSR count). The first-order valence-corrected chi connectivity index (χ1v) is 13.1. The maximum absolute atomic E-state index is 9.93. The molecule has 1 saturated heterocycles. The van der Waals surface area contributed by atoms with Crippen LogP contribution in [0.25, 0.3) is 0 Å². The lowest BCUT2D eigenvalue weighted by atomic mass is 9.99. The highest BCUT2D eigenvalue weighted by atomic mass is 32.2. The third-order valence-corrected chi connectivity index (χ3v) is 7.17. The zero-order valence-electron chi connectivity index (χ0n) is 20.5. The molecule has 0 saturated carbocycles. The van der Waals surface area contributed by atoms with Crippen LogP contribution in [0.2, 0.25) is 0 Å². The quantitative estimate of drug-likeness (QED) is 0.369. The lowest BCUT2D eigenvalue weighted by molar-refractivity contribution is 0.199. The summed E-state index contributed by atoms with van der Waals surface area (Å²) < 4.78 is 12.3. The van der Waals surface area contributed by atoms with E-state index < -0.39 is 0 Å². The van der Waals surface area contributed by atoms with Crippen molar-refractivity contribution >= 4 is 11.8 Å². The van der Waals surface area contributed by atoms with E-state index >= 15 is 0 Å². The summed E-state index contributed by atoms with van der Waals surface area (Å²) in [5.74, 6) is 4.25. The molecule has 0 amide bonds. The normalized spacial score (nSPS) is 19.9. The topological polar surface area (TPSA) is 62.2 Å². The van der Waals surface area contributed by atoms with Crippen molar-refractivity contribution in [2.24, 2.45) is 0 Å². The van der Waals surface area contributed by atoms with Crippen molar-refractivity contribution < 1.29 is 19.7 Å². The number of aromatic hydroxyl groups is 1. The van der Waals surface area contributed by atoms with Gasteiger partial charge in [0.15, 0.2) is 0 Å². The van der Waals surface area contributed by atoms with Gasteiger partial charge in [0.25, 0.3) is 0 Å². The van der Waals surface area contributed by atoms with Gasteiger partial charge in [-0.25, -0.2) is 0 Å². The van der Waals surface area contributed by atoms with Gasteiger partial charge in [-0.2, -0.15) is 0 Å². The average molecular weight is 494 g/mol. The average Bonchev–Trinajstić information content (AvgIpc) is 3.41. The monoisotopic (exact) mass is 493 g/mol. The summed E-state index contributed by atoms with van der Waals surface area (Å²) in [6.07, 6.45) is 12.9. The molecule has 186 valence electrons. The van der Waals surface area contributed by atoms with Crippen LogP contribution < -0.4 is 9.47 Å². The first-order chi connectivity index (χ1) is 17.2. The molecule has 6 heteroatoms. The molecule has 0 aliphatic carbocycles. The minimum absolute atomic E-state index is 0.106. The predicted octanol–water partition coefficient (Wildman–Crippen LogP) is 5.60. The van der Waals surface area contributed by atoms with Crippen LogP contribution >= 0.6 is 11.8 Å². The molecule has 0 aromatic heterocycles. The number of phenols is 1. The number of aliphatic hydroxyl groups is 1. The number of thioether (sulfide) groups is 1. The maximum atomic E-state index is 9.93. The van der Waals surface area contributed by atoms with Gasteiger partial charge >= 0.3 is 0 Å². The van der Waals surface area contributed by atoms with Gasteiger partial charge in [0, 0.05) is 6.54 Å². The van der Waals surface area contributed by atoms with E-state index in [2.05, 4.69) is 10.8 Å². The Morgan fingerprint density at radius 2 is 1.94 bits per heavy atom. The van der Waals surface area contributed by atoms with Crippen LogP contribution in [0.5, 0.6) is 17.2 Å². The van der Waals surface area contributed by atoms with Crippen LogP contribution in [0, 0.1) is 12.3 Å². The number of hydrogen-bond acceptors (Lipinski definition) is 6. The molecule has 2 aromatic rings. The number of nitrogens with zero attached hydrogens (tertiary/aromatic N) is 1. The summed E-state index contributed by atoms with van der Waals surface area (Å²) in [5.41, 5.74) is 1.86. The van der Waals surface area contributed by atoms with Gasteiger partial charge in [-0.05, 0) is 79.6 Å². The van der Waals surface area contributed by atoms with Crippen molar-refractivity contribution in [3.05, 3.63) is 71.8 Å². The minimum atomic E-state index is -0.300. The van der Waals surface area contributed by atoms with Gasteiger partial charge in [-0.1, -0.05) is 38.0 Å². The molecule has 2 aliphatic heterocycles. The third-order valence-electron chi connectivity index (χ3n) is 5.82. The summed E-state index contributed by atoms with van der Waals surface area (Å²) >= 11 is 1.58. The first-order valence-electron chi connectivity index (χ1n) is 12.2. The summed E-state index contributed by atoms with van der Waals surface area (Å²) in [5, 5.41) is 19.4. The van der Waals surface area contributed by atoms with Gasteiger partial charge < -0.3 is 19.7 Å². The zero-order valence-corrected chi connectivity index (χ0v) is 21.3. The number of likely N-dealkylation sites (tertiary alicyclic amines) is 1. The second-order valence-corrected chi connectivity index (χ2v) is 9.24. The molecule has 35 heavy (non-hydrogen) atoms. The number of terminal acetylenes is 1. The number of allylic oxidation sites excluding steroid dienone is 2. The Balaban J connectivity index is 0.00000167. The fourth-order valence-electron chi connectivity index (χ4n) is 4.15. The van der Waals surface area contributed by atoms with Crippen LogP contribution in [0.15, 0.2) is 71.2 Å². The molecule has 0 unspecified atom stereocenters. The lowest BCUT2D eigenvalue weighted by Gasteiger charge is -2.34. The summed E-state index contributed by atoms with van der Waals surface area (Å²) in [6, 6.07) is 13.1. The van der Waals surface area contributed by atoms with Crippen LogP contribution in [0.4, 0.5) is 0 Å². The molecule has 2 atom stereocenters. The molecule has 0 bridgehead atoms. The second kappa shape index (κ2) is 13.9. The van der Waals surface area contributed by atoms with E-state index in [4.69, 9.17) is 15.9 Å². The standard InChI is InChI=1S/C27H29NO4S.C2H6/c1-2-3-6-21(13-17-29)27-26(32-24-12-9-22(30)19-25(24)33-27)20-7-10-23(11-8-20)31-18-16-28-14-4-5-15-28;1-2/h1,3,6-13,19,26-27,29-30H,4-5,14-18H2;1-2H3/b6-3-,21-13+;/t26-,27+;/m0./s1. The Morgan fingerprint density at radius 1 is 1.20 bits per heavy atom. The fraction of sp³-hybridized carbons (Fsp3) is 0.379. The van der Waals surface area contributed by atoms with Crippen molar-refractivity contribution in [2.45, 2.75) is 42.9 Å². The number of phenolic OH excluding ortho intramolecular Hbond substituents is 1. The highest BCUT2D eigenvalue weighted by Gasteiger charge is 2.34. The van der Waals surface area contributed by atoms with E-state index in [1.54, 1.807) is 42.1 Å². The first kappa shape index (κ1) is 26.7. The molecule has 5 nitrogen and oxygen atoms in total. The van der Waals surface area contributed by atoms with E-state index in [0.717, 1.165) is 41.4 Å². The molecular formula is C29H35NO4S. The van der Waals surface area contributed by atoms with Gasteiger partial charge in [0.1, 0.15) is 30.0 Å². The minimum Gasteiger partial charge on any atom is -0.508 e. The Morgan fingerprint density at radius 3 is 2.63 bits per heavy atom. The molecule has 0 spiro atoms. The highest BCUT2D eigenvalue weighted by molar-refractivity contribution is 8.00. The molecular weight excluding hydrogens is 458 g/mol. The van der Waals surface area contributed by atoms with Gasteiger partial charge in [-0.3, -0.25) is 4.90 Å². The summed E-state index contributed by atoms with van der Waals surface area (Å²) in [6.45, 7) is 7.85. The number of fused-ring (bicyclic) bond motifs is 1. The van der Waals surface area contributed by atoms with Crippen LogP contribution in [0.1, 0.15) is 38.4 Å². The summed E-state index contributed by atoms with van der Waals surface area (Å²) in [4.78, 5) is 3.27. The van der Waals surface area contributed by atoms with E-state index in [1.165, 1.54) is 12.8 Å². The van der Waals surface area contributed by atoms with Crippen molar-refractivity contribution in [3.63, 3.8) is 0 Å². The largest absolute Gasteiger partial charge is 0.508 e. The van der Waals surface area contributed by atoms with E-state index in [0.29, 0.717) is 12.4 Å². The van der Waals surface area contributed by atoms with Gasteiger partial charge in [0.05, 0.1) is 16.8 Å². The van der Waals surface area contributed by atoms with Crippen molar-refractivity contribution in [3.8, 4) is 29.6 Å². The van der Waals surface area contributed by atoms with Crippen molar-refractivity contribution in [1.82, 2.24) is 4.90 Å². The Hall–Kier alpha value is -2.85. The smallest absolute Gasteiger partial charge is 0.140 e. The number of rotatable bonds is 8. The van der Waals surface area contributed by atoms with Crippen LogP contribution in [0.3, 0.4) is 0 Å². The second-order valence-electron chi connectivity index (χ2n) is 8.06. The lowest BCUT2D eigenvalue weighted by Crippen LogP contribution is -2.26. The van der Waals surface area contributed by atoms with E-state index in [-0.39, 0.29) is 23.7 Å². The molecule has 2 heterocycles. The van der Waals surface area contributed by atoms with Crippen molar-refractivity contribution in [2.75, 3.05) is 32.8 Å². The molecule has 2 aromatic carbocycles. The Labute approximate surface area is 213 Å². The Bertz CT molecular complexity index is 1040. The highest BCUT2D eigenvalue weighted by Crippen LogP contribution is 2.49. The zero-order chi connectivity index (χ0) is 25.0. The van der Waals surface area contributed by atoms with Gasteiger partial charge in [0.2, 0.25) is 0 Å². The molecule has 1 fully saturated rings. The number of ether oxygens (including phenoxy) is 2. The summed E-state index contributed by atoms with van der Waals surface area (Å²) in [7, 11) is 0. The number of aliphatic hydroxyl groups excluding tert-OH is 1. The molecule has 2 N–H and O–H groups in total. The third kappa shape index (κ3) is 7.32. The number of hydrogen-bond donors (Lipinski definition) is 2. The van der Waals surface area contributed by atoms with Crippen LogP contribution in [-0.4, -0.2) is 53.2 Å². The maximum Gasteiger partial charge on any atom is 0.140 e. The van der Waals surface area contributed by atoms with E-state index in [9.17, 15) is 10.2 Å². The molecule has 2 aliphatic rings.